The zero-order chi connectivity index (χ0) is 20.9. The van der Waals surface area contributed by atoms with Crippen molar-refractivity contribution in [2.75, 3.05) is 16.9 Å². The van der Waals surface area contributed by atoms with Gasteiger partial charge in [-0.3, -0.25) is 9.59 Å². The lowest BCUT2D eigenvalue weighted by Crippen LogP contribution is -2.14. The van der Waals surface area contributed by atoms with Gasteiger partial charge in [-0.2, -0.15) is 0 Å². The van der Waals surface area contributed by atoms with Gasteiger partial charge in [0.2, 0.25) is 0 Å². The molecule has 0 aliphatic carbocycles. The number of allylic oxidation sites excluding steroid dienone is 1. The highest BCUT2D eigenvalue weighted by atomic mass is 35.5. The highest BCUT2D eigenvalue weighted by Gasteiger charge is 2.13. The number of amides is 2. The standard InChI is InChI=1S/C20H21ClN2O4S/c1-4-6-13(2)19(24)22-15-9-10-18(17(21)12-15)23-20(25)14-7-5-8-16(11-14)28(3,26)27/h5-12H,4H2,1-3H3,(H,22,24)(H,23,25)/b13-6-. The molecule has 2 aromatic rings. The smallest absolute Gasteiger partial charge is 0.255 e. The van der Waals surface area contributed by atoms with E-state index in [9.17, 15) is 18.0 Å². The van der Waals surface area contributed by atoms with Gasteiger partial charge < -0.3 is 10.6 Å². The lowest BCUT2D eigenvalue weighted by molar-refractivity contribution is -0.112. The van der Waals surface area contributed by atoms with Crippen LogP contribution in [0.4, 0.5) is 11.4 Å². The van der Waals surface area contributed by atoms with E-state index in [1.165, 1.54) is 30.3 Å². The maximum Gasteiger partial charge on any atom is 0.255 e. The number of carbonyl (C=O) groups excluding carboxylic acids is 2. The summed E-state index contributed by atoms with van der Waals surface area (Å²) in [5, 5.41) is 5.61. The monoisotopic (exact) mass is 420 g/mol. The Bertz CT molecular complexity index is 1050. The number of halogens is 1. The molecule has 0 saturated heterocycles. The second-order valence-electron chi connectivity index (χ2n) is 6.20. The second kappa shape index (κ2) is 9.03. The van der Waals surface area contributed by atoms with Gasteiger partial charge in [-0.1, -0.05) is 30.7 Å². The van der Waals surface area contributed by atoms with Crippen LogP contribution in [0.3, 0.4) is 0 Å². The van der Waals surface area contributed by atoms with Crippen molar-refractivity contribution in [2.24, 2.45) is 0 Å². The molecule has 148 valence electrons. The molecule has 2 aromatic carbocycles. The SMILES string of the molecule is CC/C=C(/C)C(=O)Nc1ccc(NC(=O)c2cccc(S(C)(=O)=O)c2)c(Cl)c1. The Morgan fingerprint density at radius 1 is 1.11 bits per heavy atom. The summed E-state index contributed by atoms with van der Waals surface area (Å²) in [5.74, 6) is -0.724. The number of hydrogen-bond acceptors (Lipinski definition) is 4. The summed E-state index contributed by atoms with van der Waals surface area (Å²) in [6.07, 6.45) is 3.65. The van der Waals surface area contributed by atoms with Gasteiger partial charge in [0.15, 0.2) is 9.84 Å². The van der Waals surface area contributed by atoms with E-state index >= 15 is 0 Å². The van der Waals surface area contributed by atoms with E-state index < -0.39 is 15.7 Å². The number of carbonyl (C=O) groups is 2. The Morgan fingerprint density at radius 3 is 2.43 bits per heavy atom. The fourth-order valence-electron chi connectivity index (χ4n) is 2.39. The van der Waals surface area contributed by atoms with E-state index in [2.05, 4.69) is 10.6 Å². The van der Waals surface area contributed by atoms with Gasteiger partial charge in [0, 0.05) is 23.1 Å². The molecule has 2 rings (SSSR count). The maximum absolute atomic E-state index is 12.4. The first-order chi connectivity index (χ1) is 13.1. The molecular weight excluding hydrogens is 400 g/mol. The summed E-state index contributed by atoms with van der Waals surface area (Å²) >= 11 is 6.21. The topological polar surface area (TPSA) is 92.3 Å². The first kappa shape index (κ1) is 21.7. The molecule has 28 heavy (non-hydrogen) atoms. The van der Waals surface area contributed by atoms with Gasteiger partial charge >= 0.3 is 0 Å². The molecule has 0 radical (unpaired) electrons. The fraction of sp³-hybridized carbons (Fsp3) is 0.200. The lowest BCUT2D eigenvalue weighted by Gasteiger charge is -2.11. The number of rotatable bonds is 6. The minimum absolute atomic E-state index is 0.0554. The van der Waals surface area contributed by atoms with E-state index in [1.54, 1.807) is 19.1 Å². The molecule has 2 amide bonds. The summed E-state index contributed by atoms with van der Waals surface area (Å²) in [6.45, 7) is 3.66. The van der Waals surface area contributed by atoms with Crippen LogP contribution in [0.2, 0.25) is 5.02 Å². The predicted molar refractivity (Wildman–Crippen MR) is 112 cm³/mol. The van der Waals surface area contributed by atoms with Crippen molar-refractivity contribution < 1.29 is 18.0 Å². The highest BCUT2D eigenvalue weighted by molar-refractivity contribution is 7.90. The highest BCUT2D eigenvalue weighted by Crippen LogP contribution is 2.26. The molecule has 0 bridgehead atoms. The predicted octanol–water partition coefficient (Wildman–Crippen LogP) is 4.29. The van der Waals surface area contributed by atoms with E-state index in [1.807, 2.05) is 13.0 Å². The quantitative estimate of drug-likeness (QED) is 0.682. The minimum atomic E-state index is -3.42. The van der Waals surface area contributed by atoms with Crippen molar-refractivity contribution in [1.29, 1.82) is 0 Å². The zero-order valence-corrected chi connectivity index (χ0v) is 17.3. The molecule has 8 heteroatoms. The largest absolute Gasteiger partial charge is 0.322 e. The van der Waals surface area contributed by atoms with Crippen LogP contribution in [0.25, 0.3) is 0 Å². The van der Waals surface area contributed by atoms with Crippen LogP contribution in [0.1, 0.15) is 30.6 Å². The fourth-order valence-corrected chi connectivity index (χ4v) is 3.28. The normalized spacial score (nSPS) is 11.8. The molecule has 6 nitrogen and oxygen atoms in total. The van der Waals surface area contributed by atoms with E-state index in [0.717, 1.165) is 12.7 Å². The third kappa shape index (κ3) is 5.68. The minimum Gasteiger partial charge on any atom is -0.322 e. The average molecular weight is 421 g/mol. The van der Waals surface area contributed by atoms with Crippen molar-refractivity contribution >= 4 is 44.6 Å². The van der Waals surface area contributed by atoms with Crippen LogP contribution in [-0.2, 0) is 14.6 Å². The number of anilines is 2. The van der Waals surface area contributed by atoms with Gasteiger partial charge in [0.1, 0.15) is 0 Å². The van der Waals surface area contributed by atoms with E-state index in [0.29, 0.717) is 16.9 Å². The van der Waals surface area contributed by atoms with Crippen LogP contribution in [0.5, 0.6) is 0 Å². The summed E-state index contributed by atoms with van der Waals surface area (Å²) in [6, 6.07) is 10.4. The van der Waals surface area contributed by atoms with Crippen LogP contribution < -0.4 is 10.6 Å². The average Bonchev–Trinajstić information content (AvgIpc) is 2.63. The molecule has 0 aromatic heterocycles. The van der Waals surface area contributed by atoms with Crippen molar-refractivity contribution in [3.05, 3.63) is 64.7 Å². The number of hydrogen-bond donors (Lipinski definition) is 2. The number of nitrogens with one attached hydrogen (secondary N) is 2. The zero-order valence-electron chi connectivity index (χ0n) is 15.7. The number of sulfone groups is 1. The molecule has 0 fully saturated rings. The van der Waals surface area contributed by atoms with Gasteiger partial charge in [-0.15, -0.1) is 0 Å². The third-order valence-electron chi connectivity index (χ3n) is 3.87. The molecule has 0 atom stereocenters. The molecule has 0 heterocycles. The van der Waals surface area contributed by atoms with Crippen molar-refractivity contribution in [3.63, 3.8) is 0 Å². The molecule has 0 unspecified atom stereocenters. The molecule has 0 saturated carbocycles. The van der Waals surface area contributed by atoms with Gasteiger partial charge in [0.05, 0.1) is 15.6 Å². The molecule has 2 N–H and O–H groups in total. The Kier molecular flexibility index (Phi) is 6.99. The Balaban J connectivity index is 2.16. The van der Waals surface area contributed by atoms with Gasteiger partial charge in [0.25, 0.3) is 11.8 Å². The second-order valence-corrected chi connectivity index (χ2v) is 8.62. The van der Waals surface area contributed by atoms with Crippen molar-refractivity contribution in [3.8, 4) is 0 Å². The molecular formula is C20H21ClN2O4S. The summed E-state index contributed by atoms with van der Waals surface area (Å²) in [5.41, 5.74) is 1.63. The van der Waals surface area contributed by atoms with Crippen LogP contribution in [0.15, 0.2) is 59.0 Å². The van der Waals surface area contributed by atoms with Crippen molar-refractivity contribution in [2.45, 2.75) is 25.2 Å². The summed E-state index contributed by atoms with van der Waals surface area (Å²) in [4.78, 5) is 24.5. The Hall–Kier alpha value is -2.64. The third-order valence-corrected chi connectivity index (χ3v) is 5.29. The van der Waals surface area contributed by atoms with Gasteiger partial charge in [-0.05, 0) is 49.7 Å². The lowest BCUT2D eigenvalue weighted by atomic mass is 10.2. The van der Waals surface area contributed by atoms with E-state index in [-0.39, 0.29) is 21.4 Å². The Labute approximate surface area is 169 Å². The first-order valence-corrected chi connectivity index (χ1v) is 10.8. The van der Waals surface area contributed by atoms with E-state index in [4.69, 9.17) is 11.6 Å². The summed E-state index contributed by atoms with van der Waals surface area (Å²) < 4.78 is 23.3. The maximum atomic E-state index is 12.4. The molecule has 0 aliphatic rings. The van der Waals surface area contributed by atoms with Crippen molar-refractivity contribution in [1.82, 2.24) is 0 Å². The van der Waals surface area contributed by atoms with Crippen LogP contribution in [-0.4, -0.2) is 26.5 Å². The van der Waals surface area contributed by atoms with Crippen LogP contribution >= 0.6 is 11.6 Å². The molecule has 0 aliphatic heterocycles. The van der Waals surface area contributed by atoms with Gasteiger partial charge in [-0.25, -0.2) is 8.42 Å². The number of benzene rings is 2. The van der Waals surface area contributed by atoms with Crippen LogP contribution in [0, 0.1) is 0 Å². The summed E-state index contributed by atoms with van der Waals surface area (Å²) in [7, 11) is -3.42. The Morgan fingerprint density at radius 2 is 1.82 bits per heavy atom. The molecule has 0 spiro atoms. The first-order valence-electron chi connectivity index (χ1n) is 8.51.